The van der Waals surface area contributed by atoms with Crippen molar-refractivity contribution >= 4 is 48.9 Å². The maximum atomic E-state index is 12.7. The van der Waals surface area contributed by atoms with E-state index in [0.29, 0.717) is 28.2 Å². The summed E-state index contributed by atoms with van der Waals surface area (Å²) in [6, 6.07) is 20.8. The summed E-state index contributed by atoms with van der Waals surface area (Å²) in [6.07, 6.45) is -0.662. The van der Waals surface area contributed by atoms with E-state index in [0.717, 1.165) is 15.8 Å². The number of nitrogens with one attached hydrogen (secondary N) is 1. The fourth-order valence-corrected chi connectivity index (χ4v) is 4.60. The molecule has 5 rings (SSSR count). The number of hydrogen-bond acceptors (Lipinski definition) is 6. The van der Waals surface area contributed by atoms with Gasteiger partial charge in [0.05, 0.1) is 21.7 Å². The molecule has 0 spiro atoms. The average Bonchev–Trinajstić information content (AvgIpc) is 3.16. The molecule has 0 saturated carbocycles. The Hall–Kier alpha value is -3.42. The predicted octanol–water partition coefficient (Wildman–Crippen LogP) is 3.79. The summed E-state index contributed by atoms with van der Waals surface area (Å²) in [5.74, 6) is 0.584. The second kappa shape index (κ2) is 6.88. The third-order valence-electron chi connectivity index (χ3n) is 4.98. The molecule has 1 unspecified atom stereocenters. The third kappa shape index (κ3) is 2.91. The van der Waals surface area contributed by atoms with Gasteiger partial charge < -0.3 is 16.2 Å². The average molecular weight is 402 g/mol. The molecular formula is C22H18N4O2S. The van der Waals surface area contributed by atoms with Gasteiger partial charge in [0.15, 0.2) is 5.65 Å². The summed E-state index contributed by atoms with van der Waals surface area (Å²) in [5, 5.41) is 14.0. The van der Waals surface area contributed by atoms with Gasteiger partial charge in [-0.1, -0.05) is 42.5 Å². The minimum absolute atomic E-state index is 0.213. The standard InChI is InChI=1S/C22H18N4O2S/c23-19-20(28)14-10-11-18(24-12-16(27)13-6-2-1-3-7-13)25-21(14)26-15-8-4-5-9-17(15)29-22(19)26/h1-11,16,27H,12,23H2,(H,24,25). The number of para-hydroxylation sites is 1. The van der Waals surface area contributed by atoms with Gasteiger partial charge in [-0.3, -0.25) is 9.20 Å². The first-order valence-corrected chi connectivity index (χ1v) is 10.0. The van der Waals surface area contributed by atoms with E-state index in [2.05, 4.69) is 10.3 Å². The van der Waals surface area contributed by atoms with Crippen LogP contribution in [0.3, 0.4) is 0 Å². The summed E-state index contributed by atoms with van der Waals surface area (Å²) in [6.45, 7) is 0.305. The number of fused-ring (bicyclic) bond motifs is 5. The molecule has 1 atom stereocenters. The van der Waals surface area contributed by atoms with Crippen LogP contribution in [0.15, 0.2) is 71.5 Å². The Bertz CT molecular complexity index is 1410. The molecule has 7 heteroatoms. The lowest BCUT2D eigenvalue weighted by Crippen LogP contribution is -2.15. The Labute approximate surface area is 169 Å². The fourth-order valence-electron chi connectivity index (χ4n) is 3.50. The number of aliphatic hydroxyl groups is 1. The number of aromatic nitrogens is 2. The summed E-state index contributed by atoms with van der Waals surface area (Å²) in [7, 11) is 0. The summed E-state index contributed by atoms with van der Waals surface area (Å²) < 4.78 is 2.97. The van der Waals surface area contributed by atoms with Crippen LogP contribution in [0.1, 0.15) is 11.7 Å². The lowest BCUT2D eigenvalue weighted by molar-refractivity contribution is 0.191. The van der Waals surface area contributed by atoms with Crippen LogP contribution in [0.5, 0.6) is 0 Å². The van der Waals surface area contributed by atoms with Crippen molar-refractivity contribution in [1.29, 1.82) is 0 Å². The predicted molar refractivity (Wildman–Crippen MR) is 119 cm³/mol. The maximum absolute atomic E-state index is 12.7. The van der Waals surface area contributed by atoms with E-state index in [1.165, 1.54) is 11.3 Å². The second-order valence-corrected chi connectivity index (χ2v) is 7.86. The molecule has 5 aromatic rings. The molecule has 0 saturated heterocycles. The Balaban J connectivity index is 1.61. The van der Waals surface area contributed by atoms with Crippen molar-refractivity contribution in [3.8, 4) is 0 Å². The number of anilines is 2. The first kappa shape index (κ1) is 17.7. The molecule has 6 nitrogen and oxygen atoms in total. The van der Waals surface area contributed by atoms with E-state index in [-0.39, 0.29) is 11.1 Å². The van der Waals surface area contributed by atoms with E-state index in [1.54, 1.807) is 12.1 Å². The van der Waals surface area contributed by atoms with E-state index >= 15 is 0 Å². The highest BCUT2D eigenvalue weighted by molar-refractivity contribution is 7.24. The van der Waals surface area contributed by atoms with E-state index in [4.69, 9.17) is 5.73 Å². The highest BCUT2D eigenvalue weighted by Gasteiger charge is 2.16. The van der Waals surface area contributed by atoms with Crippen LogP contribution < -0.4 is 16.5 Å². The number of nitrogens with two attached hydrogens (primary N) is 1. The fraction of sp³-hybridized carbons (Fsp3) is 0.0909. The second-order valence-electron chi connectivity index (χ2n) is 6.83. The molecule has 0 radical (unpaired) electrons. The van der Waals surface area contributed by atoms with Gasteiger partial charge in [-0.05, 0) is 29.8 Å². The van der Waals surface area contributed by atoms with Gasteiger partial charge in [0.2, 0.25) is 5.43 Å². The number of aliphatic hydroxyl groups excluding tert-OH is 1. The van der Waals surface area contributed by atoms with Gasteiger partial charge in [0.1, 0.15) is 16.3 Å². The monoisotopic (exact) mass is 402 g/mol. The molecule has 4 N–H and O–H groups in total. The summed E-state index contributed by atoms with van der Waals surface area (Å²) >= 11 is 1.48. The quantitative estimate of drug-likeness (QED) is 0.425. The molecule has 0 aliphatic carbocycles. The molecule has 0 amide bonds. The van der Waals surface area contributed by atoms with Gasteiger partial charge in [0, 0.05) is 6.54 Å². The number of nitrogens with zero attached hydrogens (tertiary/aromatic N) is 2. The lowest BCUT2D eigenvalue weighted by Gasteiger charge is -2.13. The van der Waals surface area contributed by atoms with E-state index in [1.807, 2.05) is 59.0 Å². The van der Waals surface area contributed by atoms with Crippen LogP contribution in [-0.2, 0) is 0 Å². The first-order valence-electron chi connectivity index (χ1n) is 9.23. The topological polar surface area (TPSA) is 92.7 Å². The zero-order valence-corrected chi connectivity index (χ0v) is 16.2. The van der Waals surface area contributed by atoms with Crippen molar-refractivity contribution < 1.29 is 5.11 Å². The molecule has 144 valence electrons. The number of thiazole rings is 1. The van der Waals surface area contributed by atoms with Crippen LogP contribution >= 0.6 is 11.3 Å². The molecule has 0 bridgehead atoms. The largest absolute Gasteiger partial charge is 0.393 e. The number of pyridine rings is 2. The lowest BCUT2D eigenvalue weighted by atomic mass is 10.1. The Morgan fingerprint density at radius 1 is 1.07 bits per heavy atom. The minimum Gasteiger partial charge on any atom is -0.393 e. The Morgan fingerprint density at radius 3 is 2.66 bits per heavy atom. The molecular weight excluding hydrogens is 384 g/mol. The van der Waals surface area contributed by atoms with Gasteiger partial charge in [0.25, 0.3) is 0 Å². The molecule has 29 heavy (non-hydrogen) atoms. The minimum atomic E-state index is -0.662. The third-order valence-corrected chi connectivity index (χ3v) is 6.14. The molecule has 3 aromatic heterocycles. The van der Waals surface area contributed by atoms with E-state index < -0.39 is 6.10 Å². The van der Waals surface area contributed by atoms with Gasteiger partial charge in [-0.25, -0.2) is 4.98 Å². The van der Waals surface area contributed by atoms with Crippen LogP contribution in [0.25, 0.3) is 26.1 Å². The van der Waals surface area contributed by atoms with E-state index in [9.17, 15) is 9.90 Å². The summed E-state index contributed by atoms with van der Waals surface area (Å²) in [5.41, 5.74) is 8.51. The van der Waals surface area contributed by atoms with Crippen LogP contribution in [0.4, 0.5) is 11.5 Å². The van der Waals surface area contributed by atoms with Crippen LogP contribution in [0.2, 0.25) is 0 Å². The smallest absolute Gasteiger partial charge is 0.215 e. The highest BCUT2D eigenvalue weighted by atomic mass is 32.1. The van der Waals surface area contributed by atoms with Crippen molar-refractivity contribution in [2.45, 2.75) is 6.10 Å². The first-order chi connectivity index (χ1) is 14.1. The van der Waals surface area contributed by atoms with Crippen molar-refractivity contribution in [3.05, 3.63) is 82.5 Å². The van der Waals surface area contributed by atoms with Crippen molar-refractivity contribution in [2.24, 2.45) is 0 Å². The zero-order valence-electron chi connectivity index (χ0n) is 15.4. The summed E-state index contributed by atoms with van der Waals surface area (Å²) in [4.78, 5) is 18.1. The molecule has 0 aliphatic heterocycles. The molecule has 2 aromatic carbocycles. The van der Waals surface area contributed by atoms with Crippen molar-refractivity contribution in [3.63, 3.8) is 0 Å². The number of nitrogen functional groups attached to an aromatic ring is 1. The van der Waals surface area contributed by atoms with Crippen LogP contribution in [-0.4, -0.2) is 21.0 Å². The van der Waals surface area contributed by atoms with Crippen LogP contribution in [0, 0.1) is 0 Å². The van der Waals surface area contributed by atoms with Gasteiger partial charge in [-0.2, -0.15) is 0 Å². The number of benzene rings is 2. The number of hydrogen-bond donors (Lipinski definition) is 3. The highest BCUT2D eigenvalue weighted by Crippen LogP contribution is 2.31. The Morgan fingerprint density at radius 2 is 1.83 bits per heavy atom. The SMILES string of the molecule is Nc1c(=O)c2ccc(NCC(O)c3ccccc3)nc2n2c1sc1ccccc12. The molecule has 0 aliphatic rings. The van der Waals surface area contributed by atoms with Crippen molar-refractivity contribution in [2.75, 3.05) is 17.6 Å². The van der Waals surface area contributed by atoms with Gasteiger partial charge in [-0.15, -0.1) is 11.3 Å². The molecule has 0 fully saturated rings. The Kier molecular flexibility index (Phi) is 4.19. The maximum Gasteiger partial charge on any atom is 0.215 e. The van der Waals surface area contributed by atoms with Gasteiger partial charge >= 0.3 is 0 Å². The van der Waals surface area contributed by atoms with Crippen molar-refractivity contribution in [1.82, 2.24) is 9.38 Å². The normalized spacial score (nSPS) is 12.6. The zero-order chi connectivity index (χ0) is 20.0. The number of rotatable bonds is 4. The molecule has 3 heterocycles.